The third kappa shape index (κ3) is 2.85. The van der Waals surface area contributed by atoms with E-state index >= 15 is 0 Å². The van der Waals surface area contributed by atoms with Crippen LogP contribution in [0.2, 0.25) is 0 Å². The number of hydrogen-bond acceptors (Lipinski definition) is 4. The zero-order valence-electron chi connectivity index (χ0n) is 8.53. The summed E-state index contributed by atoms with van der Waals surface area (Å²) in [7, 11) is 1.49. The Balaban J connectivity index is 2.37. The Kier molecular flexibility index (Phi) is 3.64. The van der Waals surface area contributed by atoms with E-state index in [-0.39, 0.29) is 5.91 Å². The van der Waals surface area contributed by atoms with Gasteiger partial charge < -0.3 is 14.6 Å². The van der Waals surface area contributed by atoms with Crippen LogP contribution in [0.15, 0.2) is 10.6 Å². The maximum atomic E-state index is 11.3. The molecule has 1 amide bonds. The van der Waals surface area contributed by atoms with Crippen molar-refractivity contribution in [3.05, 3.63) is 17.5 Å². The minimum Gasteiger partial charge on any atom is -0.372 e. The van der Waals surface area contributed by atoms with Crippen molar-refractivity contribution in [1.29, 1.82) is 0 Å². The van der Waals surface area contributed by atoms with Crippen molar-refractivity contribution in [2.45, 2.75) is 26.5 Å². The molecule has 0 spiro atoms. The minimum absolute atomic E-state index is 0.165. The predicted molar refractivity (Wildman–Crippen MR) is 49.6 cm³/mol. The van der Waals surface area contributed by atoms with Gasteiger partial charge in [-0.05, 0) is 13.8 Å². The maximum absolute atomic E-state index is 11.3. The van der Waals surface area contributed by atoms with Crippen LogP contribution in [0.1, 0.15) is 18.4 Å². The van der Waals surface area contributed by atoms with Gasteiger partial charge in [0, 0.05) is 13.2 Å². The van der Waals surface area contributed by atoms with Crippen LogP contribution in [-0.2, 0) is 16.1 Å². The molecule has 78 valence electrons. The van der Waals surface area contributed by atoms with Crippen molar-refractivity contribution in [3.8, 4) is 0 Å². The first-order valence-corrected chi connectivity index (χ1v) is 4.36. The summed E-state index contributed by atoms with van der Waals surface area (Å²) in [6.45, 7) is 3.85. The van der Waals surface area contributed by atoms with Crippen molar-refractivity contribution < 1.29 is 14.1 Å². The second kappa shape index (κ2) is 4.76. The third-order valence-electron chi connectivity index (χ3n) is 1.84. The summed E-state index contributed by atoms with van der Waals surface area (Å²) in [6, 6.07) is 1.78. The van der Waals surface area contributed by atoms with Crippen LogP contribution in [0.3, 0.4) is 0 Å². The molecule has 0 saturated heterocycles. The molecule has 0 radical (unpaired) electrons. The fourth-order valence-corrected chi connectivity index (χ4v) is 0.925. The first kappa shape index (κ1) is 10.7. The highest BCUT2D eigenvalue weighted by Crippen LogP contribution is 2.01. The van der Waals surface area contributed by atoms with Crippen LogP contribution in [0.25, 0.3) is 0 Å². The highest BCUT2D eigenvalue weighted by atomic mass is 16.5. The molecule has 14 heavy (non-hydrogen) atoms. The monoisotopic (exact) mass is 198 g/mol. The maximum Gasteiger partial charge on any atom is 0.249 e. The molecule has 0 saturated carbocycles. The van der Waals surface area contributed by atoms with Crippen LogP contribution in [0, 0.1) is 6.92 Å². The van der Waals surface area contributed by atoms with E-state index in [9.17, 15) is 4.79 Å². The summed E-state index contributed by atoms with van der Waals surface area (Å²) in [4.78, 5) is 11.3. The van der Waals surface area contributed by atoms with Crippen LogP contribution >= 0.6 is 0 Å². The molecule has 1 atom stereocenters. The molecule has 5 nitrogen and oxygen atoms in total. The van der Waals surface area contributed by atoms with Crippen molar-refractivity contribution in [1.82, 2.24) is 10.5 Å². The van der Waals surface area contributed by atoms with Crippen LogP contribution in [-0.4, -0.2) is 24.3 Å². The molecule has 0 fully saturated rings. The molecule has 0 aromatic carbocycles. The van der Waals surface area contributed by atoms with E-state index in [0.717, 1.165) is 5.69 Å². The predicted octanol–water partition coefficient (Wildman–Crippen LogP) is 0.634. The van der Waals surface area contributed by atoms with Gasteiger partial charge in [-0.3, -0.25) is 4.79 Å². The van der Waals surface area contributed by atoms with Gasteiger partial charge in [-0.2, -0.15) is 0 Å². The minimum atomic E-state index is -0.445. The molecule has 1 aromatic heterocycles. The first-order valence-electron chi connectivity index (χ1n) is 4.36. The molecular weight excluding hydrogens is 184 g/mol. The Morgan fingerprint density at radius 1 is 1.79 bits per heavy atom. The highest BCUT2D eigenvalue weighted by molar-refractivity contribution is 5.80. The Bertz CT molecular complexity index is 309. The van der Waals surface area contributed by atoms with Gasteiger partial charge in [0.05, 0.1) is 12.2 Å². The summed E-state index contributed by atoms with van der Waals surface area (Å²) in [5, 5.41) is 6.37. The topological polar surface area (TPSA) is 64.4 Å². The zero-order valence-corrected chi connectivity index (χ0v) is 8.53. The average Bonchev–Trinajstić information content (AvgIpc) is 2.59. The quantitative estimate of drug-likeness (QED) is 0.770. The molecule has 1 heterocycles. The van der Waals surface area contributed by atoms with Crippen LogP contribution in [0.5, 0.6) is 0 Å². The Morgan fingerprint density at radius 2 is 2.50 bits per heavy atom. The lowest BCUT2D eigenvalue weighted by molar-refractivity contribution is -0.130. The van der Waals surface area contributed by atoms with Gasteiger partial charge in [0.2, 0.25) is 5.91 Å². The second-order valence-electron chi connectivity index (χ2n) is 3.03. The van der Waals surface area contributed by atoms with Gasteiger partial charge >= 0.3 is 0 Å². The van der Waals surface area contributed by atoms with Gasteiger partial charge in [-0.1, -0.05) is 5.16 Å². The normalized spacial score (nSPS) is 12.5. The van der Waals surface area contributed by atoms with E-state index in [4.69, 9.17) is 9.26 Å². The number of hydrogen-bond donors (Lipinski definition) is 1. The SMILES string of the molecule is COC(C)C(=O)NCc1cc(C)no1. The van der Waals surface area contributed by atoms with Gasteiger partial charge in [-0.25, -0.2) is 0 Å². The van der Waals surface area contributed by atoms with Crippen LogP contribution in [0.4, 0.5) is 0 Å². The van der Waals surface area contributed by atoms with Gasteiger partial charge in [0.15, 0.2) is 5.76 Å². The van der Waals surface area contributed by atoms with E-state index in [2.05, 4.69) is 10.5 Å². The van der Waals surface area contributed by atoms with Gasteiger partial charge in [-0.15, -0.1) is 0 Å². The molecule has 0 aliphatic heterocycles. The molecule has 0 aliphatic rings. The Morgan fingerprint density at radius 3 is 3.00 bits per heavy atom. The highest BCUT2D eigenvalue weighted by Gasteiger charge is 2.11. The lowest BCUT2D eigenvalue weighted by Gasteiger charge is -2.08. The lowest BCUT2D eigenvalue weighted by atomic mass is 10.3. The second-order valence-corrected chi connectivity index (χ2v) is 3.03. The largest absolute Gasteiger partial charge is 0.372 e. The Hall–Kier alpha value is -1.36. The summed E-state index contributed by atoms with van der Waals surface area (Å²) in [6.07, 6.45) is -0.445. The molecule has 1 rings (SSSR count). The van der Waals surface area contributed by atoms with E-state index in [1.807, 2.05) is 6.92 Å². The number of nitrogens with zero attached hydrogens (tertiary/aromatic N) is 1. The molecule has 0 bridgehead atoms. The number of carbonyl (C=O) groups excluding carboxylic acids is 1. The molecule has 0 aliphatic carbocycles. The molecule has 1 unspecified atom stereocenters. The summed E-state index contributed by atoms with van der Waals surface area (Å²) >= 11 is 0. The van der Waals surface area contributed by atoms with Crippen molar-refractivity contribution in [2.24, 2.45) is 0 Å². The number of rotatable bonds is 4. The number of aryl methyl sites for hydroxylation is 1. The van der Waals surface area contributed by atoms with Crippen molar-refractivity contribution in [3.63, 3.8) is 0 Å². The van der Waals surface area contributed by atoms with Crippen molar-refractivity contribution >= 4 is 5.91 Å². The van der Waals surface area contributed by atoms with E-state index in [1.165, 1.54) is 7.11 Å². The molecule has 1 aromatic rings. The van der Waals surface area contributed by atoms with E-state index in [1.54, 1.807) is 13.0 Å². The van der Waals surface area contributed by atoms with Crippen LogP contribution < -0.4 is 5.32 Å². The number of nitrogens with one attached hydrogen (secondary N) is 1. The molecule has 1 N–H and O–H groups in total. The Labute approximate surface area is 82.4 Å². The standard InChI is InChI=1S/C9H14N2O3/c1-6-4-8(14-11-6)5-10-9(12)7(2)13-3/h4,7H,5H2,1-3H3,(H,10,12). The fourth-order valence-electron chi connectivity index (χ4n) is 0.925. The average molecular weight is 198 g/mol. The molecule has 5 heteroatoms. The zero-order chi connectivity index (χ0) is 10.6. The van der Waals surface area contributed by atoms with Gasteiger partial charge in [0.25, 0.3) is 0 Å². The number of amides is 1. The number of methoxy groups -OCH3 is 1. The first-order chi connectivity index (χ1) is 6.63. The van der Waals surface area contributed by atoms with Crippen molar-refractivity contribution in [2.75, 3.05) is 7.11 Å². The third-order valence-corrected chi connectivity index (χ3v) is 1.84. The summed E-state index contributed by atoms with van der Waals surface area (Å²) < 4.78 is 9.77. The molecular formula is C9H14N2O3. The summed E-state index contributed by atoms with van der Waals surface area (Å²) in [5.41, 5.74) is 0.800. The van der Waals surface area contributed by atoms with E-state index < -0.39 is 6.10 Å². The number of ether oxygens (including phenoxy) is 1. The van der Waals surface area contributed by atoms with E-state index in [0.29, 0.717) is 12.3 Å². The number of aromatic nitrogens is 1. The summed E-state index contributed by atoms with van der Waals surface area (Å²) in [5.74, 6) is 0.473. The fraction of sp³-hybridized carbons (Fsp3) is 0.556. The number of carbonyl (C=O) groups is 1. The van der Waals surface area contributed by atoms with Gasteiger partial charge in [0.1, 0.15) is 6.10 Å². The lowest BCUT2D eigenvalue weighted by Crippen LogP contribution is -2.33. The smallest absolute Gasteiger partial charge is 0.249 e.